The average molecular weight is 212 g/mol. The van der Waals surface area contributed by atoms with E-state index >= 15 is 0 Å². The molecule has 0 saturated carbocycles. The van der Waals surface area contributed by atoms with Crippen LogP contribution in [0.4, 0.5) is 0 Å². The van der Waals surface area contributed by atoms with Gasteiger partial charge in [0.25, 0.3) is 0 Å². The van der Waals surface area contributed by atoms with Crippen LogP contribution in [0.1, 0.15) is 37.3 Å². The Morgan fingerprint density at radius 3 is 2.75 bits per heavy atom. The minimum Gasteiger partial charge on any atom is -0.256 e. The maximum absolute atomic E-state index is 4.38. The lowest BCUT2D eigenvalue weighted by atomic mass is 9.99. The Balaban J connectivity index is 2.11. The SMILES string of the molecule is CCCCCc1ccccc1C1=CC=C[N]1. The topological polar surface area (TPSA) is 14.1 Å². The van der Waals surface area contributed by atoms with Crippen LogP contribution in [-0.4, -0.2) is 0 Å². The predicted octanol–water partition coefficient (Wildman–Crippen LogP) is 3.89. The van der Waals surface area contributed by atoms with Gasteiger partial charge in [-0.1, -0.05) is 44.0 Å². The van der Waals surface area contributed by atoms with Crippen LogP contribution in [0.2, 0.25) is 0 Å². The number of unbranched alkanes of at least 4 members (excludes halogenated alkanes) is 2. The molecule has 1 heteroatoms. The van der Waals surface area contributed by atoms with Gasteiger partial charge in [-0.2, -0.15) is 0 Å². The summed E-state index contributed by atoms with van der Waals surface area (Å²) < 4.78 is 0. The number of nitrogens with zero attached hydrogens (tertiary/aromatic N) is 1. The summed E-state index contributed by atoms with van der Waals surface area (Å²) in [5.74, 6) is 0. The highest BCUT2D eigenvalue weighted by atomic mass is 14.9. The molecule has 1 radical (unpaired) electrons. The second-order valence-corrected chi connectivity index (χ2v) is 4.14. The van der Waals surface area contributed by atoms with Gasteiger partial charge < -0.3 is 0 Å². The lowest BCUT2D eigenvalue weighted by molar-refractivity contribution is 0.716. The molecule has 16 heavy (non-hydrogen) atoms. The van der Waals surface area contributed by atoms with E-state index in [2.05, 4.69) is 42.6 Å². The minimum atomic E-state index is 1.10. The molecule has 0 fully saturated rings. The largest absolute Gasteiger partial charge is 0.256 e. The normalized spacial score (nSPS) is 13.7. The fourth-order valence-corrected chi connectivity index (χ4v) is 2.01. The van der Waals surface area contributed by atoms with Crippen LogP contribution in [-0.2, 0) is 6.42 Å². The quantitative estimate of drug-likeness (QED) is 0.657. The Morgan fingerprint density at radius 2 is 2.00 bits per heavy atom. The standard InChI is InChI=1S/C15H18N/c1-2-3-4-8-13-9-5-6-10-14(13)15-11-7-12-16-15/h5-7,9-12H,2-4,8H2,1H3. The molecular weight excluding hydrogens is 194 g/mol. The molecule has 0 spiro atoms. The van der Waals surface area contributed by atoms with Crippen molar-refractivity contribution >= 4 is 5.70 Å². The molecule has 0 aromatic heterocycles. The van der Waals surface area contributed by atoms with Gasteiger partial charge in [0.2, 0.25) is 0 Å². The van der Waals surface area contributed by atoms with Crippen LogP contribution in [0.5, 0.6) is 0 Å². The summed E-state index contributed by atoms with van der Waals surface area (Å²) in [5.41, 5.74) is 3.82. The van der Waals surface area contributed by atoms with Gasteiger partial charge in [0.15, 0.2) is 0 Å². The molecule has 0 bridgehead atoms. The lowest BCUT2D eigenvalue weighted by Gasteiger charge is -2.09. The Kier molecular flexibility index (Phi) is 3.81. The van der Waals surface area contributed by atoms with E-state index in [4.69, 9.17) is 0 Å². The molecule has 1 aromatic carbocycles. The third-order valence-electron chi connectivity index (χ3n) is 2.90. The van der Waals surface area contributed by atoms with E-state index in [1.165, 1.54) is 30.4 Å². The van der Waals surface area contributed by atoms with Crippen molar-refractivity contribution in [1.29, 1.82) is 0 Å². The van der Waals surface area contributed by atoms with E-state index in [-0.39, 0.29) is 0 Å². The van der Waals surface area contributed by atoms with Crippen molar-refractivity contribution in [2.75, 3.05) is 0 Å². The van der Waals surface area contributed by atoms with Gasteiger partial charge >= 0.3 is 0 Å². The van der Waals surface area contributed by atoms with Crippen molar-refractivity contribution < 1.29 is 0 Å². The highest BCUT2D eigenvalue weighted by molar-refractivity contribution is 5.70. The van der Waals surface area contributed by atoms with E-state index in [0.29, 0.717) is 0 Å². The van der Waals surface area contributed by atoms with Crippen molar-refractivity contribution in [3.8, 4) is 0 Å². The molecule has 1 heterocycles. The highest BCUT2D eigenvalue weighted by Crippen LogP contribution is 2.22. The molecule has 1 aliphatic heterocycles. The molecule has 1 aromatic rings. The van der Waals surface area contributed by atoms with Crippen LogP contribution in [0.25, 0.3) is 5.70 Å². The van der Waals surface area contributed by atoms with Crippen LogP contribution >= 0.6 is 0 Å². The van der Waals surface area contributed by atoms with Gasteiger partial charge in [-0.3, -0.25) is 5.32 Å². The fraction of sp³-hybridized carbons (Fsp3) is 0.333. The molecule has 0 N–H and O–H groups in total. The maximum atomic E-state index is 4.38. The monoisotopic (exact) mass is 212 g/mol. The number of rotatable bonds is 5. The summed E-state index contributed by atoms with van der Waals surface area (Å²) in [5, 5.41) is 4.38. The Morgan fingerprint density at radius 1 is 1.12 bits per heavy atom. The second-order valence-electron chi connectivity index (χ2n) is 4.14. The Bertz CT molecular complexity index is 402. The van der Waals surface area contributed by atoms with Gasteiger partial charge in [0, 0.05) is 11.8 Å². The van der Waals surface area contributed by atoms with Crippen molar-refractivity contribution in [3.63, 3.8) is 0 Å². The molecule has 0 atom stereocenters. The first-order valence-electron chi connectivity index (χ1n) is 6.08. The summed E-state index contributed by atoms with van der Waals surface area (Å²) in [6.07, 6.45) is 11.0. The van der Waals surface area contributed by atoms with Crippen LogP contribution < -0.4 is 5.32 Å². The molecule has 0 amide bonds. The molecule has 83 valence electrons. The summed E-state index contributed by atoms with van der Waals surface area (Å²) in [6.45, 7) is 2.24. The number of aryl methyl sites for hydroxylation is 1. The van der Waals surface area contributed by atoms with Gasteiger partial charge in [-0.05, 0) is 30.6 Å². The minimum absolute atomic E-state index is 1.10. The van der Waals surface area contributed by atoms with Gasteiger partial charge in [0.05, 0.1) is 5.70 Å². The molecule has 0 unspecified atom stereocenters. The van der Waals surface area contributed by atoms with E-state index < -0.39 is 0 Å². The van der Waals surface area contributed by atoms with Crippen LogP contribution in [0.3, 0.4) is 0 Å². The fourth-order valence-electron chi connectivity index (χ4n) is 2.01. The van der Waals surface area contributed by atoms with Crippen molar-refractivity contribution in [1.82, 2.24) is 5.32 Å². The third-order valence-corrected chi connectivity index (χ3v) is 2.90. The van der Waals surface area contributed by atoms with Gasteiger partial charge in [-0.25, -0.2) is 0 Å². The van der Waals surface area contributed by atoms with Crippen LogP contribution in [0, 0.1) is 0 Å². The van der Waals surface area contributed by atoms with Crippen molar-refractivity contribution in [2.24, 2.45) is 0 Å². The summed E-state index contributed by atoms with van der Waals surface area (Å²) in [6, 6.07) is 8.60. The molecule has 1 nitrogen and oxygen atoms in total. The number of hydrogen-bond donors (Lipinski definition) is 0. The Labute approximate surface area is 97.9 Å². The first-order valence-corrected chi connectivity index (χ1v) is 6.08. The molecule has 0 aliphatic carbocycles. The molecule has 0 saturated heterocycles. The maximum Gasteiger partial charge on any atom is 0.0705 e. The van der Waals surface area contributed by atoms with E-state index in [0.717, 1.165) is 12.1 Å². The highest BCUT2D eigenvalue weighted by Gasteiger charge is 2.08. The summed E-state index contributed by atoms with van der Waals surface area (Å²) >= 11 is 0. The van der Waals surface area contributed by atoms with E-state index in [1.54, 1.807) is 0 Å². The van der Waals surface area contributed by atoms with Gasteiger partial charge in [-0.15, -0.1) is 0 Å². The van der Waals surface area contributed by atoms with Crippen molar-refractivity contribution in [3.05, 3.63) is 53.7 Å². The zero-order chi connectivity index (χ0) is 11.2. The van der Waals surface area contributed by atoms with E-state index in [9.17, 15) is 0 Å². The second kappa shape index (κ2) is 5.55. The van der Waals surface area contributed by atoms with Gasteiger partial charge in [0.1, 0.15) is 0 Å². The zero-order valence-electron chi connectivity index (χ0n) is 9.82. The van der Waals surface area contributed by atoms with Crippen LogP contribution in [0.15, 0.2) is 42.6 Å². The third kappa shape index (κ3) is 2.54. The number of hydrogen-bond acceptors (Lipinski definition) is 0. The first-order chi connectivity index (χ1) is 7.92. The molecule has 1 aliphatic rings. The smallest absolute Gasteiger partial charge is 0.0705 e. The number of benzene rings is 1. The molecular formula is C15H18N. The average Bonchev–Trinajstić information content (AvgIpc) is 2.83. The predicted molar refractivity (Wildman–Crippen MR) is 68.9 cm³/mol. The molecule has 2 rings (SSSR count). The van der Waals surface area contributed by atoms with E-state index in [1.807, 2.05) is 12.3 Å². The summed E-state index contributed by atoms with van der Waals surface area (Å²) in [4.78, 5) is 0. The summed E-state index contributed by atoms with van der Waals surface area (Å²) in [7, 11) is 0. The lowest BCUT2D eigenvalue weighted by Crippen LogP contribution is -1.98. The zero-order valence-corrected chi connectivity index (χ0v) is 9.82. The van der Waals surface area contributed by atoms with Crippen molar-refractivity contribution in [2.45, 2.75) is 32.6 Å². The first kappa shape index (κ1) is 11.0. The Hall–Kier alpha value is -1.50. The number of allylic oxidation sites excluding steroid dienone is 2.